The summed E-state index contributed by atoms with van der Waals surface area (Å²) in [7, 11) is 2.13. The molecule has 1 aromatic heterocycles. The first-order chi connectivity index (χ1) is 8.65. The predicted molar refractivity (Wildman–Crippen MR) is 85.7 cm³/mol. The van der Waals surface area contributed by atoms with E-state index in [1.54, 1.807) is 12.1 Å². The third-order valence-corrected chi connectivity index (χ3v) is 3.41. The molecule has 7 heteroatoms. The van der Waals surface area contributed by atoms with E-state index in [2.05, 4.69) is 22.2 Å². The number of nitrogens with zero attached hydrogens (tertiary/aromatic N) is 2. The van der Waals surface area contributed by atoms with E-state index in [1.165, 1.54) is 6.20 Å². The second-order valence-electron chi connectivity index (χ2n) is 4.93. The fourth-order valence-corrected chi connectivity index (χ4v) is 2.13. The van der Waals surface area contributed by atoms with Gasteiger partial charge in [0, 0.05) is 6.54 Å². The van der Waals surface area contributed by atoms with Crippen LogP contribution in [0.3, 0.4) is 0 Å². The van der Waals surface area contributed by atoms with Gasteiger partial charge in [0.05, 0.1) is 11.9 Å². The number of hydrogen-bond donors (Lipinski definition) is 2. The number of rotatable bonds is 3. The molecular weight excluding hydrogens is 299 g/mol. The first-order valence-corrected chi connectivity index (χ1v) is 6.33. The highest BCUT2D eigenvalue weighted by atomic mass is 35.5. The Hall–Kier alpha value is -1.04. The van der Waals surface area contributed by atoms with E-state index >= 15 is 0 Å². The van der Waals surface area contributed by atoms with Crippen LogP contribution in [0.5, 0.6) is 0 Å². The molecule has 2 heterocycles. The lowest BCUT2D eigenvalue weighted by atomic mass is 9.97. The molecule has 1 aliphatic heterocycles. The van der Waals surface area contributed by atoms with Gasteiger partial charge >= 0.3 is 0 Å². The van der Waals surface area contributed by atoms with Crippen LogP contribution in [0.15, 0.2) is 18.3 Å². The summed E-state index contributed by atoms with van der Waals surface area (Å²) in [4.78, 5) is 18.2. The topological polar surface area (TPSA) is 71.2 Å². The summed E-state index contributed by atoms with van der Waals surface area (Å²) in [5.74, 6) is 0.466. The molecule has 1 amide bonds. The lowest BCUT2D eigenvalue weighted by molar-refractivity contribution is 0.0934. The van der Waals surface area contributed by atoms with Crippen LogP contribution in [0.4, 0.5) is 5.69 Å². The van der Waals surface area contributed by atoms with E-state index in [-0.39, 0.29) is 30.7 Å². The second-order valence-corrected chi connectivity index (χ2v) is 4.93. The fourth-order valence-electron chi connectivity index (χ4n) is 2.13. The van der Waals surface area contributed by atoms with Gasteiger partial charge in [-0.1, -0.05) is 0 Å². The van der Waals surface area contributed by atoms with Crippen molar-refractivity contribution in [3.63, 3.8) is 0 Å². The summed E-state index contributed by atoms with van der Waals surface area (Å²) >= 11 is 0. The van der Waals surface area contributed by atoms with Crippen LogP contribution in [0.1, 0.15) is 23.3 Å². The Kier molecular flexibility index (Phi) is 8.53. The SMILES string of the molecule is CN1CCC(CNC(=O)c2ccc(N)cn2)CC1.Cl.Cl. The molecule has 1 fully saturated rings. The van der Waals surface area contributed by atoms with Gasteiger partial charge in [0.2, 0.25) is 0 Å². The Morgan fingerprint density at radius 1 is 1.40 bits per heavy atom. The van der Waals surface area contributed by atoms with Crippen LogP contribution in [0.2, 0.25) is 0 Å². The summed E-state index contributed by atoms with van der Waals surface area (Å²) in [6.07, 6.45) is 3.79. The van der Waals surface area contributed by atoms with E-state index in [0.29, 0.717) is 17.3 Å². The fraction of sp³-hybridized carbons (Fsp3) is 0.538. The first kappa shape index (κ1) is 19.0. The average Bonchev–Trinajstić information content (AvgIpc) is 2.38. The van der Waals surface area contributed by atoms with Gasteiger partial charge in [-0.25, -0.2) is 4.98 Å². The van der Waals surface area contributed by atoms with Crippen molar-refractivity contribution in [2.75, 3.05) is 32.4 Å². The standard InChI is InChI=1S/C13H20N4O.2ClH/c1-17-6-4-10(5-7-17)8-16-13(18)12-3-2-11(14)9-15-12;;/h2-3,9-10H,4-8,14H2,1H3,(H,16,18);2*1H. The minimum absolute atomic E-state index is 0. The minimum Gasteiger partial charge on any atom is -0.397 e. The van der Waals surface area contributed by atoms with Gasteiger partial charge in [-0.2, -0.15) is 0 Å². The smallest absolute Gasteiger partial charge is 0.269 e. The highest BCUT2D eigenvalue weighted by molar-refractivity contribution is 5.92. The van der Waals surface area contributed by atoms with E-state index in [4.69, 9.17) is 5.73 Å². The zero-order chi connectivity index (χ0) is 13.0. The summed E-state index contributed by atoms with van der Waals surface area (Å²) in [5, 5.41) is 2.94. The van der Waals surface area contributed by atoms with Gasteiger partial charge in [0.1, 0.15) is 5.69 Å². The van der Waals surface area contributed by atoms with E-state index in [0.717, 1.165) is 32.5 Å². The molecule has 3 N–H and O–H groups in total. The van der Waals surface area contributed by atoms with Crippen LogP contribution >= 0.6 is 24.8 Å². The summed E-state index contributed by atoms with van der Waals surface area (Å²) < 4.78 is 0. The quantitative estimate of drug-likeness (QED) is 0.887. The predicted octanol–water partition coefficient (Wildman–Crippen LogP) is 1.58. The van der Waals surface area contributed by atoms with Crippen LogP contribution in [-0.2, 0) is 0 Å². The van der Waals surface area contributed by atoms with Crippen molar-refractivity contribution >= 4 is 36.4 Å². The number of anilines is 1. The molecule has 0 radical (unpaired) electrons. The molecule has 0 atom stereocenters. The third-order valence-electron chi connectivity index (χ3n) is 3.41. The number of pyridine rings is 1. The maximum Gasteiger partial charge on any atom is 0.269 e. The molecule has 0 unspecified atom stereocenters. The van der Waals surface area contributed by atoms with Gasteiger partial charge in [0.25, 0.3) is 5.91 Å². The Morgan fingerprint density at radius 3 is 2.60 bits per heavy atom. The van der Waals surface area contributed by atoms with Gasteiger partial charge in [-0.15, -0.1) is 24.8 Å². The lowest BCUT2D eigenvalue weighted by Gasteiger charge is -2.28. The maximum absolute atomic E-state index is 11.8. The summed E-state index contributed by atoms with van der Waals surface area (Å²) in [5.41, 5.74) is 6.53. The molecule has 5 nitrogen and oxygen atoms in total. The maximum atomic E-state index is 11.8. The van der Waals surface area contributed by atoms with Gasteiger partial charge in [0.15, 0.2) is 0 Å². The Balaban J connectivity index is 0.00000180. The number of nitrogen functional groups attached to an aromatic ring is 1. The molecule has 0 aliphatic carbocycles. The first-order valence-electron chi connectivity index (χ1n) is 6.33. The zero-order valence-corrected chi connectivity index (χ0v) is 13.2. The zero-order valence-electron chi connectivity index (χ0n) is 11.5. The van der Waals surface area contributed by atoms with Crippen LogP contribution in [-0.4, -0.2) is 42.5 Å². The van der Waals surface area contributed by atoms with Crippen molar-refractivity contribution in [2.45, 2.75) is 12.8 Å². The molecule has 1 saturated heterocycles. The van der Waals surface area contributed by atoms with Gasteiger partial charge in [-0.05, 0) is 51.0 Å². The Morgan fingerprint density at radius 2 is 2.05 bits per heavy atom. The molecule has 20 heavy (non-hydrogen) atoms. The number of amides is 1. The molecule has 0 saturated carbocycles. The Labute approximate surface area is 132 Å². The van der Waals surface area contributed by atoms with Crippen LogP contribution in [0, 0.1) is 5.92 Å². The molecule has 2 rings (SSSR count). The average molecular weight is 321 g/mol. The monoisotopic (exact) mass is 320 g/mol. The number of carbonyl (C=O) groups excluding carboxylic acids is 1. The largest absolute Gasteiger partial charge is 0.397 e. The third kappa shape index (κ3) is 5.53. The van der Waals surface area contributed by atoms with Crippen molar-refractivity contribution in [1.29, 1.82) is 0 Å². The van der Waals surface area contributed by atoms with E-state index in [1.807, 2.05) is 0 Å². The number of aromatic nitrogens is 1. The Bertz CT molecular complexity index is 405. The number of carbonyl (C=O) groups is 1. The molecular formula is C13H22Cl2N4O. The van der Waals surface area contributed by atoms with Crippen LogP contribution < -0.4 is 11.1 Å². The van der Waals surface area contributed by atoms with Crippen molar-refractivity contribution in [1.82, 2.24) is 15.2 Å². The number of piperidine rings is 1. The molecule has 1 aliphatic rings. The van der Waals surface area contributed by atoms with Crippen molar-refractivity contribution < 1.29 is 4.79 Å². The van der Waals surface area contributed by atoms with E-state index in [9.17, 15) is 4.79 Å². The number of likely N-dealkylation sites (tertiary alicyclic amines) is 1. The molecule has 1 aromatic rings. The van der Waals surface area contributed by atoms with Crippen molar-refractivity contribution in [2.24, 2.45) is 5.92 Å². The summed E-state index contributed by atoms with van der Waals surface area (Å²) in [6, 6.07) is 3.34. The van der Waals surface area contributed by atoms with Gasteiger partial charge < -0.3 is 16.0 Å². The number of nitrogens with one attached hydrogen (secondary N) is 1. The van der Waals surface area contributed by atoms with Crippen molar-refractivity contribution in [3.8, 4) is 0 Å². The highest BCUT2D eigenvalue weighted by Crippen LogP contribution is 2.14. The molecule has 0 bridgehead atoms. The molecule has 0 spiro atoms. The summed E-state index contributed by atoms with van der Waals surface area (Å²) in [6.45, 7) is 2.96. The van der Waals surface area contributed by atoms with Crippen LogP contribution in [0.25, 0.3) is 0 Å². The normalized spacial score (nSPS) is 15.8. The molecule has 0 aromatic carbocycles. The second kappa shape index (κ2) is 9.00. The lowest BCUT2D eigenvalue weighted by Crippen LogP contribution is -2.37. The minimum atomic E-state index is -0.117. The van der Waals surface area contributed by atoms with E-state index < -0.39 is 0 Å². The van der Waals surface area contributed by atoms with Crippen molar-refractivity contribution in [3.05, 3.63) is 24.0 Å². The van der Waals surface area contributed by atoms with Gasteiger partial charge in [-0.3, -0.25) is 4.79 Å². The number of nitrogens with two attached hydrogens (primary N) is 1. The molecule has 114 valence electrons. The highest BCUT2D eigenvalue weighted by Gasteiger charge is 2.17. The number of hydrogen-bond acceptors (Lipinski definition) is 4. The number of halogens is 2.